The van der Waals surface area contributed by atoms with Gasteiger partial charge < -0.3 is 9.64 Å². The zero-order chi connectivity index (χ0) is 17.8. The number of carbonyl (C=O) groups excluding carboxylic acids is 2. The Morgan fingerprint density at radius 3 is 2.48 bits per heavy atom. The fraction of sp³-hybridized carbons (Fsp3) is 0.412. The van der Waals surface area contributed by atoms with Gasteiger partial charge in [-0.05, 0) is 50.3 Å². The normalized spacial score (nSPS) is 13.9. The van der Waals surface area contributed by atoms with Crippen LogP contribution in [0.1, 0.15) is 29.0 Å². The molecular formula is C17H20N4O3S. The minimum Gasteiger partial charge on any atom is -0.452 e. The van der Waals surface area contributed by atoms with Crippen molar-refractivity contribution in [1.82, 2.24) is 19.7 Å². The first-order valence-electron chi connectivity index (χ1n) is 8.11. The van der Waals surface area contributed by atoms with Crippen molar-refractivity contribution in [2.75, 3.05) is 26.0 Å². The Kier molecular flexibility index (Phi) is 5.37. The van der Waals surface area contributed by atoms with E-state index in [4.69, 9.17) is 4.74 Å². The molecule has 8 heteroatoms. The third kappa shape index (κ3) is 3.84. The van der Waals surface area contributed by atoms with E-state index in [9.17, 15) is 9.59 Å². The molecular weight excluding hydrogens is 340 g/mol. The molecule has 1 aliphatic rings. The molecule has 0 N–H and O–H groups in total. The van der Waals surface area contributed by atoms with Gasteiger partial charge in [-0.25, -0.2) is 4.79 Å². The van der Waals surface area contributed by atoms with Crippen molar-refractivity contribution in [3.05, 3.63) is 35.7 Å². The summed E-state index contributed by atoms with van der Waals surface area (Å²) in [5.74, 6) is 0.146. The molecule has 2 heterocycles. The first-order valence-corrected chi connectivity index (χ1v) is 9.34. The van der Waals surface area contributed by atoms with E-state index in [2.05, 4.69) is 10.2 Å². The topological polar surface area (TPSA) is 77.3 Å². The molecule has 1 fully saturated rings. The first kappa shape index (κ1) is 17.5. The molecule has 0 aliphatic carbocycles. The summed E-state index contributed by atoms with van der Waals surface area (Å²) >= 11 is 1.50. The van der Waals surface area contributed by atoms with E-state index in [0.717, 1.165) is 42.6 Å². The summed E-state index contributed by atoms with van der Waals surface area (Å²) in [4.78, 5) is 25.8. The van der Waals surface area contributed by atoms with Gasteiger partial charge in [-0.15, -0.1) is 10.2 Å². The fourth-order valence-electron chi connectivity index (χ4n) is 2.79. The highest BCUT2D eigenvalue weighted by Gasteiger charge is 2.19. The Hall–Kier alpha value is -2.35. The van der Waals surface area contributed by atoms with Gasteiger partial charge in [-0.3, -0.25) is 9.36 Å². The van der Waals surface area contributed by atoms with Crippen LogP contribution in [-0.4, -0.2) is 57.5 Å². The minimum absolute atomic E-state index is 0.132. The van der Waals surface area contributed by atoms with Gasteiger partial charge in [-0.2, -0.15) is 0 Å². The van der Waals surface area contributed by atoms with Gasteiger partial charge in [0.1, 0.15) is 5.82 Å². The highest BCUT2D eigenvalue weighted by Crippen LogP contribution is 2.20. The van der Waals surface area contributed by atoms with Crippen LogP contribution in [0.3, 0.4) is 0 Å². The largest absolute Gasteiger partial charge is 0.452 e. The van der Waals surface area contributed by atoms with Crippen LogP contribution in [0.5, 0.6) is 0 Å². The first-order chi connectivity index (χ1) is 12.1. The van der Waals surface area contributed by atoms with Crippen LogP contribution in [0, 0.1) is 6.92 Å². The summed E-state index contributed by atoms with van der Waals surface area (Å²) in [6, 6.07) is 6.99. The van der Waals surface area contributed by atoms with Gasteiger partial charge in [0.25, 0.3) is 5.91 Å². The SMILES string of the molecule is CSc1nnc(C)n1-c1ccc(C(=O)OCC(=O)N2CCCC2)cc1. The molecule has 1 aromatic carbocycles. The zero-order valence-corrected chi connectivity index (χ0v) is 15.1. The van der Waals surface area contributed by atoms with Crippen molar-refractivity contribution in [3.63, 3.8) is 0 Å². The maximum Gasteiger partial charge on any atom is 0.338 e. The number of esters is 1. The molecule has 25 heavy (non-hydrogen) atoms. The van der Waals surface area contributed by atoms with Crippen molar-refractivity contribution >= 4 is 23.6 Å². The number of ether oxygens (including phenoxy) is 1. The van der Waals surface area contributed by atoms with Crippen LogP contribution in [0.25, 0.3) is 5.69 Å². The van der Waals surface area contributed by atoms with Gasteiger partial charge in [0.15, 0.2) is 11.8 Å². The maximum atomic E-state index is 12.1. The minimum atomic E-state index is -0.496. The summed E-state index contributed by atoms with van der Waals surface area (Å²) in [7, 11) is 0. The number of aromatic nitrogens is 3. The summed E-state index contributed by atoms with van der Waals surface area (Å²) in [5, 5.41) is 8.94. The molecule has 0 bridgehead atoms. The number of thioether (sulfide) groups is 1. The number of likely N-dealkylation sites (tertiary alicyclic amines) is 1. The lowest BCUT2D eigenvalue weighted by molar-refractivity contribution is -0.133. The van der Waals surface area contributed by atoms with E-state index in [1.165, 1.54) is 11.8 Å². The Balaban J connectivity index is 1.64. The number of hydrogen-bond donors (Lipinski definition) is 0. The number of amides is 1. The van der Waals surface area contributed by atoms with Gasteiger partial charge in [0, 0.05) is 18.8 Å². The predicted molar refractivity (Wildman–Crippen MR) is 94.0 cm³/mol. The molecule has 0 atom stereocenters. The summed E-state index contributed by atoms with van der Waals surface area (Å²) in [6.07, 6.45) is 3.96. The quantitative estimate of drug-likeness (QED) is 0.600. The standard InChI is InChI=1S/C17H20N4O3S/c1-12-18-19-17(25-2)21(12)14-7-5-13(6-8-14)16(23)24-11-15(22)20-9-3-4-10-20/h5-8H,3-4,9-11H2,1-2H3. The molecule has 7 nitrogen and oxygen atoms in total. The van der Waals surface area contributed by atoms with Crippen LogP contribution < -0.4 is 0 Å². The lowest BCUT2D eigenvalue weighted by Gasteiger charge is -2.15. The Bertz CT molecular complexity index is 767. The Labute approximate surface area is 150 Å². The third-order valence-corrected chi connectivity index (χ3v) is 4.75. The second-order valence-corrected chi connectivity index (χ2v) is 6.55. The van der Waals surface area contributed by atoms with Crippen LogP contribution in [-0.2, 0) is 9.53 Å². The lowest BCUT2D eigenvalue weighted by atomic mass is 10.2. The highest BCUT2D eigenvalue weighted by molar-refractivity contribution is 7.98. The number of aryl methyl sites for hydroxylation is 1. The van der Waals surface area contributed by atoms with Crippen LogP contribution in [0.2, 0.25) is 0 Å². The van der Waals surface area contributed by atoms with E-state index in [0.29, 0.717) is 5.56 Å². The molecule has 1 amide bonds. The van der Waals surface area contributed by atoms with Gasteiger partial charge in [-0.1, -0.05) is 11.8 Å². The molecule has 1 aromatic heterocycles. The van der Waals surface area contributed by atoms with E-state index < -0.39 is 5.97 Å². The molecule has 132 valence electrons. The third-order valence-electron chi connectivity index (χ3n) is 4.12. The number of benzene rings is 1. The van der Waals surface area contributed by atoms with E-state index in [1.807, 2.05) is 29.9 Å². The molecule has 0 spiro atoms. The van der Waals surface area contributed by atoms with Crippen LogP contribution >= 0.6 is 11.8 Å². The summed E-state index contributed by atoms with van der Waals surface area (Å²) < 4.78 is 7.05. The molecule has 3 rings (SSSR count). The number of carbonyl (C=O) groups is 2. The van der Waals surface area contributed by atoms with E-state index in [1.54, 1.807) is 17.0 Å². The molecule has 0 radical (unpaired) electrons. The van der Waals surface area contributed by atoms with Crippen molar-refractivity contribution in [2.45, 2.75) is 24.9 Å². The molecule has 0 saturated carbocycles. The Morgan fingerprint density at radius 2 is 1.84 bits per heavy atom. The number of nitrogens with zero attached hydrogens (tertiary/aromatic N) is 4. The number of rotatable bonds is 5. The van der Waals surface area contributed by atoms with Crippen molar-refractivity contribution in [1.29, 1.82) is 0 Å². The Morgan fingerprint density at radius 1 is 1.16 bits per heavy atom. The molecule has 1 saturated heterocycles. The van der Waals surface area contributed by atoms with E-state index in [-0.39, 0.29) is 12.5 Å². The van der Waals surface area contributed by atoms with Crippen molar-refractivity contribution in [2.24, 2.45) is 0 Å². The molecule has 2 aromatic rings. The maximum absolute atomic E-state index is 12.1. The van der Waals surface area contributed by atoms with Gasteiger partial charge in [0.2, 0.25) is 0 Å². The van der Waals surface area contributed by atoms with Crippen molar-refractivity contribution in [3.8, 4) is 5.69 Å². The summed E-state index contributed by atoms with van der Waals surface area (Å²) in [5.41, 5.74) is 1.28. The zero-order valence-electron chi connectivity index (χ0n) is 14.3. The predicted octanol–water partition coefficient (Wildman–Crippen LogP) is 2.08. The van der Waals surface area contributed by atoms with Crippen LogP contribution in [0.15, 0.2) is 29.4 Å². The smallest absolute Gasteiger partial charge is 0.338 e. The van der Waals surface area contributed by atoms with Gasteiger partial charge in [0.05, 0.1) is 5.56 Å². The van der Waals surface area contributed by atoms with Crippen LogP contribution in [0.4, 0.5) is 0 Å². The average molecular weight is 360 g/mol. The monoisotopic (exact) mass is 360 g/mol. The van der Waals surface area contributed by atoms with Gasteiger partial charge >= 0.3 is 5.97 Å². The summed E-state index contributed by atoms with van der Waals surface area (Å²) in [6.45, 7) is 3.17. The molecule has 0 unspecified atom stereocenters. The van der Waals surface area contributed by atoms with E-state index >= 15 is 0 Å². The number of hydrogen-bond acceptors (Lipinski definition) is 6. The second kappa shape index (κ2) is 7.69. The average Bonchev–Trinajstić information content (AvgIpc) is 3.29. The molecule has 1 aliphatic heterocycles. The second-order valence-electron chi connectivity index (χ2n) is 5.78. The fourth-order valence-corrected chi connectivity index (χ4v) is 3.33. The highest BCUT2D eigenvalue weighted by atomic mass is 32.2. The lowest BCUT2D eigenvalue weighted by Crippen LogP contribution is -2.32. The van der Waals surface area contributed by atoms with Crippen molar-refractivity contribution < 1.29 is 14.3 Å².